The maximum absolute atomic E-state index is 12.8. The van der Waals surface area contributed by atoms with Crippen molar-refractivity contribution in [2.75, 3.05) is 6.61 Å². The Kier molecular flexibility index (Phi) is 6.73. The average Bonchev–Trinajstić information content (AvgIpc) is 2.74. The molecule has 9 heteroatoms. The molecule has 1 unspecified atom stereocenters. The van der Waals surface area contributed by atoms with Crippen molar-refractivity contribution >= 4 is 16.1 Å². The Hall–Kier alpha value is -3.09. The summed E-state index contributed by atoms with van der Waals surface area (Å²) in [5.41, 5.74) is -3.68. The van der Waals surface area contributed by atoms with E-state index < -0.39 is 33.1 Å². The van der Waals surface area contributed by atoms with Gasteiger partial charge in [0, 0.05) is 16.5 Å². The fourth-order valence-corrected chi connectivity index (χ4v) is 3.86. The molecule has 33 heavy (non-hydrogen) atoms. The van der Waals surface area contributed by atoms with Crippen LogP contribution in [0.5, 0.6) is 0 Å². The molecule has 0 spiro atoms. The molecule has 1 atom stereocenters. The molecule has 0 radical (unpaired) electrons. The highest BCUT2D eigenvalue weighted by Crippen LogP contribution is 2.41. The molecular formula is C24H21F3O5S. The van der Waals surface area contributed by atoms with Gasteiger partial charge in [-0.3, -0.25) is 4.18 Å². The molecule has 3 rings (SSSR count). The van der Waals surface area contributed by atoms with Crippen LogP contribution in [0.25, 0.3) is 0 Å². The zero-order chi connectivity index (χ0) is 24.4. The lowest BCUT2D eigenvalue weighted by Crippen LogP contribution is -2.29. The van der Waals surface area contributed by atoms with Gasteiger partial charge in [-0.1, -0.05) is 43.9 Å². The fraction of sp³-hybridized carbons (Fsp3) is 0.292. The Morgan fingerprint density at radius 1 is 1.06 bits per heavy atom. The number of ether oxygens (including phenoxy) is 1. The second kappa shape index (κ2) is 9.04. The maximum atomic E-state index is 12.8. The molecule has 0 aliphatic heterocycles. The molecule has 0 saturated heterocycles. The molecule has 0 amide bonds. The van der Waals surface area contributed by atoms with E-state index in [1.807, 2.05) is 13.8 Å². The second-order valence-electron chi connectivity index (χ2n) is 7.85. The van der Waals surface area contributed by atoms with Crippen molar-refractivity contribution in [3.8, 4) is 11.8 Å². The Labute approximate surface area is 190 Å². The first-order valence-electron chi connectivity index (χ1n) is 9.96. The monoisotopic (exact) mass is 478 g/mol. The molecule has 5 nitrogen and oxygen atoms in total. The van der Waals surface area contributed by atoms with Crippen LogP contribution in [0.1, 0.15) is 59.5 Å². The minimum absolute atomic E-state index is 0.264. The molecule has 2 aromatic carbocycles. The molecular weight excluding hydrogens is 457 g/mol. The number of carbonyl (C=O) groups excluding carboxylic acids is 1. The Bertz CT molecular complexity index is 1250. The molecule has 0 N–H and O–H groups in total. The summed E-state index contributed by atoms with van der Waals surface area (Å²) < 4.78 is 71.1. The van der Waals surface area contributed by atoms with Gasteiger partial charge in [0.05, 0.1) is 12.2 Å². The van der Waals surface area contributed by atoms with E-state index in [2.05, 4.69) is 16.0 Å². The molecule has 1 aliphatic carbocycles. The van der Waals surface area contributed by atoms with Crippen LogP contribution in [0.2, 0.25) is 0 Å². The lowest BCUT2D eigenvalue weighted by molar-refractivity contribution is -0.0561. The van der Waals surface area contributed by atoms with E-state index in [9.17, 15) is 26.4 Å². The SMILES string of the molecule is CCOC(=O)c1ccc(C#Cc2ccc3c(c2)C(OS(=O)(=O)C(F)(F)F)C=CC3(C)C)cc1. The summed E-state index contributed by atoms with van der Waals surface area (Å²) in [5, 5.41) is 0. The molecule has 0 saturated carbocycles. The highest BCUT2D eigenvalue weighted by Gasteiger charge is 2.49. The molecule has 1 aliphatic rings. The summed E-state index contributed by atoms with van der Waals surface area (Å²) in [6.07, 6.45) is 1.49. The van der Waals surface area contributed by atoms with Crippen LogP contribution in [-0.2, 0) is 24.5 Å². The van der Waals surface area contributed by atoms with Crippen molar-refractivity contribution in [1.82, 2.24) is 0 Å². The van der Waals surface area contributed by atoms with Crippen LogP contribution >= 0.6 is 0 Å². The normalized spacial score (nSPS) is 17.0. The number of alkyl halides is 3. The van der Waals surface area contributed by atoms with Gasteiger partial charge in [0.15, 0.2) is 0 Å². The highest BCUT2D eigenvalue weighted by molar-refractivity contribution is 7.87. The highest BCUT2D eigenvalue weighted by atomic mass is 32.2. The smallest absolute Gasteiger partial charge is 0.462 e. The summed E-state index contributed by atoms with van der Waals surface area (Å²) >= 11 is 0. The Morgan fingerprint density at radius 3 is 2.27 bits per heavy atom. The average molecular weight is 478 g/mol. The van der Waals surface area contributed by atoms with Gasteiger partial charge >= 0.3 is 21.6 Å². The summed E-state index contributed by atoms with van der Waals surface area (Å²) in [4.78, 5) is 11.7. The van der Waals surface area contributed by atoms with Crippen molar-refractivity contribution in [1.29, 1.82) is 0 Å². The predicted molar refractivity (Wildman–Crippen MR) is 116 cm³/mol. The minimum atomic E-state index is -5.79. The van der Waals surface area contributed by atoms with E-state index in [1.165, 1.54) is 12.1 Å². The lowest BCUT2D eigenvalue weighted by Gasteiger charge is -2.32. The number of rotatable bonds is 4. The zero-order valence-electron chi connectivity index (χ0n) is 18.1. The van der Waals surface area contributed by atoms with Crippen LogP contribution in [0.3, 0.4) is 0 Å². The Morgan fingerprint density at radius 2 is 1.67 bits per heavy atom. The maximum Gasteiger partial charge on any atom is 0.523 e. The van der Waals surface area contributed by atoms with Crippen molar-refractivity contribution < 1.29 is 35.3 Å². The first-order chi connectivity index (χ1) is 15.3. The topological polar surface area (TPSA) is 69.7 Å². The lowest BCUT2D eigenvalue weighted by atomic mass is 9.76. The van der Waals surface area contributed by atoms with E-state index in [0.717, 1.165) is 0 Å². The quantitative estimate of drug-likeness (QED) is 0.203. The van der Waals surface area contributed by atoms with Crippen molar-refractivity contribution in [2.45, 2.75) is 37.8 Å². The summed E-state index contributed by atoms with van der Waals surface area (Å²) in [6.45, 7) is 5.68. The van der Waals surface area contributed by atoms with Gasteiger partial charge in [0.25, 0.3) is 0 Å². The number of carbonyl (C=O) groups is 1. The van der Waals surface area contributed by atoms with Gasteiger partial charge in [-0.05, 0) is 54.4 Å². The molecule has 174 valence electrons. The number of benzene rings is 2. The number of allylic oxidation sites excluding steroid dienone is 1. The van der Waals surface area contributed by atoms with E-state index >= 15 is 0 Å². The number of hydrogen-bond donors (Lipinski definition) is 0. The molecule has 2 aromatic rings. The summed E-state index contributed by atoms with van der Waals surface area (Å²) in [5.74, 6) is 5.38. The zero-order valence-corrected chi connectivity index (χ0v) is 18.9. The Balaban J connectivity index is 1.92. The molecule has 0 bridgehead atoms. The van der Waals surface area contributed by atoms with Crippen molar-refractivity contribution in [2.24, 2.45) is 0 Å². The predicted octanol–water partition coefficient (Wildman–Crippen LogP) is 5.02. The van der Waals surface area contributed by atoms with E-state index in [1.54, 1.807) is 49.4 Å². The van der Waals surface area contributed by atoms with Crippen LogP contribution < -0.4 is 0 Å². The standard InChI is InChI=1S/C24H21F3O5S/c1-4-31-22(28)18-10-7-16(8-11-18)5-6-17-9-12-20-19(15-17)21(13-14-23(20,2)3)32-33(29,30)24(25,26)27/h7-15,21H,4H2,1-3H3. The van der Waals surface area contributed by atoms with Crippen LogP contribution in [-0.4, -0.2) is 26.5 Å². The van der Waals surface area contributed by atoms with E-state index in [4.69, 9.17) is 4.74 Å². The van der Waals surface area contributed by atoms with Gasteiger partial charge in [0.1, 0.15) is 6.10 Å². The first kappa shape index (κ1) is 24.6. The summed E-state index contributed by atoms with van der Waals surface area (Å²) in [7, 11) is -5.79. The minimum Gasteiger partial charge on any atom is -0.462 e. The van der Waals surface area contributed by atoms with Gasteiger partial charge in [-0.15, -0.1) is 0 Å². The van der Waals surface area contributed by atoms with Gasteiger partial charge in [0.2, 0.25) is 0 Å². The summed E-state index contributed by atoms with van der Waals surface area (Å²) in [6, 6.07) is 11.4. The number of hydrogen-bond acceptors (Lipinski definition) is 5. The van der Waals surface area contributed by atoms with Crippen molar-refractivity contribution in [3.05, 3.63) is 82.4 Å². The van der Waals surface area contributed by atoms with Gasteiger partial charge < -0.3 is 4.74 Å². The number of fused-ring (bicyclic) bond motifs is 1. The third kappa shape index (κ3) is 5.46. The van der Waals surface area contributed by atoms with Crippen LogP contribution in [0.4, 0.5) is 13.2 Å². The molecule has 0 aromatic heterocycles. The molecule has 0 fully saturated rings. The van der Waals surface area contributed by atoms with Gasteiger partial charge in [-0.2, -0.15) is 21.6 Å². The number of esters is 1. The van der Waals surface area contributed by atoms with Crippen molar-refractivity contribution in [3.63, 3.8) is 0 Å². The third-order valence-corrected chi connectivity index (χ3v) is 6.03. The third-order valence-electron chi connectivity index (χ3n) is 5.00. The van der Waals surface area contributed by atoms with Crippen LogP contribution in [0.15, 0.2) is 54.6 Å². The van der Waals surface area contributed by atoms with Crippen LogP contribution in [0, 0.1) is 11.8 Å². The second-order valence-corrected chi connectivity index (χ2v) is 9.41. The largest absolute Gasteiger partial charge is 0.523 e. The van der Waals surface area contributed by atoms with E-state index in [0.29, 0.717) is 27.8 Å². The fourth-order valence-electron chi connectivity index (χ4n) is 3.31. The van der Waals surface area contributed by atoms with Gasteiger partial charge in [-0.25, -0.2) is 4.79 Å². The number of halogens is 3. The molecule has 0 heterocycles. The van der Waals surface area contributed by atoms with E-state index in [-0.39, 0.29) is 6.61 Å². The first-order valence-corrected chi connectivity index (χ1v) is 11.4.